The molecule has 0 aliphatic rings. The summed E-state index contributed by atoms with van der Waals surface area (Å²) >= 11 is 0. The molecule has 1 amide bonds. The summed E-state index contributed by atoms with van der Waals surface area (Å²) in [6.07, 6.45) is 0.0596. The summed E-state index contributed by atoms with van der Waals surface area (Å²) in [7, 11) is 0. The van der Waals surface area contributed by atoms with Gasteiger partial charge < -0.3 is 20.3 Å². The van der Waals surface area contributed by atoms with Gasteiger partial charge in [0.05, 0.1) is 0 Å². The van der Waals surface area contributed by atoms with E-state index < -0.39 is 18.0 Å². The Balaban J connectivity index is 0. The number of rotatable bonds is 7. The van der Waals surface area contributed by atoms with Crippen LogP contribution in [0, 0.1) is 6.07 Å². The van der Waals surface area contributed by atoms with Crippen molar-refractivity contribution in [1.29, 1.82) is 0 Å². The molecule has 0 aliphatic carbocycles. The summed E-state index contributed by atoms with van der Waals surface area (Å²) in [6, 6.07) is 2.62. The highest BCUT2D eigenvalue weighted by Gasteiger charge is 2.03. The van der Waals surface area contributed by atoms with Gasteiger partial charge in [-0.25, -0.2) is 14.4 Å². The normalized spacial score (nSPS) is 8.43. The predicted octanol–water partition coefficient (Wildman–Crippen LogP) is 1.96. The van der Waals surface area contributed by atoms with Crippen molar-refractivity contribution >= 4 is 18.0 Å². The molecular formula is C15H23N2O6+. The lowest BCUT2D eigenvalue weighted by molar-refractivity contribution is -0.138. The van der Waals surface area contributed by atoms with Crippen LogP contribution in [0.5, 0.6) is 0 Å². The minimum absolute atomic E-state index is 0.143. The molecule has 0 bridgehead atoms. The SMILES string of the molecule is C=C(C)C(=O)OCC[N+]#CCCOC(N)=O.C=C(CC)C(=O)O. The highest BCUT2D eigenvalue weighted by Crippen LogP contribution is 1.93. The fourth-order valence-corrected chi connectivity index (χ4v) is 0.814. The van der Waals surface area contributed by atoms with Crippen molar-refractivity contribution in [1.82, 2.24) is 0 Å². The summed E-state index contributed by atoms with van der Waals surface area (Å²) < 4.78 is 9.21. The van der Waals surface area contributed by atoms with Crippen LogP contribution in [0.2, 0.25) is 0 Å². The van der Waals surface area contributed by atoms with Gasteiger partial charge in [0.25, 0.3) is 12.6 Å². The Bertz CT molecular complexity index is 502. The molecule has 0 aromatic carbocycles. The number of carbonyl (C=O) groups excluding carboxylic acids is 2. The maximum Gasteiger partial charge on any atom is 0.404 e. The zero-order chi connectivity index (χ0) is 18.3. The summed E-state index contributed by atoms with van der Waals surface area (Å²) in [5.74, 6) is -1.34. The van der Waals surface area contributed by atoms with Gasteiger partial charge in [0.2, 0.25) is 0 Å². The first kappa shape index (κ1) is 22.5. The number of carboxylic acids is 1. The second kappa shape index (κ2) is 14.1. The Hall–Kier alpha value is -2.82. The molecule has 8 heteroatoms. The third-order valence-electron chi connectivity index (χ3n) is 2.08. The van der Waals surface area contributed by atoms with Crippen molar-refractivity contribution in [2.45, 2.75) is 26.7 Å². The van der Waals surface area contributed by atoms with Gasteiger partial charge in [-0.3, -0.25) is 0 Å². The lowest BCUT2D eigenvalue weighted by Crippen LogP contribution is -2.13. The van der Waals surface area contributed by atoms with Crippen LogP contribution in [0.15, 0.2) is 24.3 Å². The fraction of sp³-hybridized carbons (Fsp3) is 0.467. The molecule has 0 aromatic rings. The van der Waals surface area contributed by atoms with Crippen LogP contribution in [-0.4, -0.2) is 42.9 Å². The highest BCUT2D eigenvalue weighted by atomic mass is 16.5. The molecule has 0 unspecified atom stereocenters. The number of aliphatic carboxylic acids is 1. The molecule has 0 saturated carbocycles. The third kappa shape index (κ3) is 17.1. The number of primary amides is 1. The maximum absolute atomic E-state index is 10.9. The average molecular weight is 327 g/mol. The first-order valence-electron chi connectivity index (χ1n) is 6.77. The Labute approximate surface area is 135 Å². The van der Waals surface area contributed by atoms with E-state index in [0.29, 0.717) is 25.0 Å². The van der Waals surface area contributed by atoms with E-state index in [1.807, 2.05) is 0 Å². The summed E-state index contributed by atoms with van der Waals surface area (Å²) in [5.41, 5.74) is 5.34. The zero-order valence-electron chi connectivity index (χ0n) is 13.5. The molecule has 8 nitrogen and oxygen atoms in total. The van der Waals surface area contributed by atoms with Crippen molar-refractivity contribution in [3.05, 3.63) is 29.1 Å². The number of ether oxygens (including phenoxy) is 2. The zero-order valence-corrected chi connectivity index (χ0v) is 13.5. The lowest BCUT2D eigenvalue weighted by Gasteiger charge is -1.96. The van der Waals surface area contributed by atoms with Gasteiger partial charge in [-0.2, -0.15) is 0 Å². The molecular weight excluding hydrogens is 304 g/mol. The molecule has 0 heterocycles. The Kier molecular flexibility index (Phi) is 13.8. The van der Waals surface area contributed by atoms with Crippen molar-refractivity contribution in [2.75, 3.05) is 19.8 Å². The average Bonchev–Trinajstić information content (AvgIpc) is 2.48. The fourth-order valence-electron chi connectivity index (χ4n) is 0.814. The van der Waals surface area contributed by atoms with Crippen molar-refractivity contribution in [3.63, 3.8) is 0 Å². The quantitative estimate of drug-likeness (QED) is 0.419. The van der Waals surface area contributed by atoms with E-state index in [1.165, 1.54) is 0 Å². The molecule has 0 spiro atoms. The Morgan fingerprint density at radius 1 is 1.22 bits per heavy atom. The van der Waals surface area contributed by atoms with E-state index in [2.05, 4.69) is 28.8 Å². The lowest BCUT2D eigenvalue weighted by atomic mass is 10.2. The van der Waals surface area contributed by atoms with Gasteiger partial charge in [-0.1, -0.05) is 24.9 Å². The first-order chi connectivity index (χ1) is 10.7. The minimum atomic E-state index is -0.900. The standard InChI is InChI=1S/C10H14N2O4.C5H8O2/c1-8(2)9(13)15-7-5-12-4-3-6-16-10(11)14;1-3-4(2)5(6)7/h1,3,5-7H2,2H3,(H-,11,14);2-3H2,1H3,(H,6,7)/p+1. The van der Waals surface area contributed by atoms with E-state index >= 15 is 0 Å². The molecule has 0 radical (unpaired) electrons. The van der Waals surface area contributed by atoms with Crippen LogP contribution < -0.4 is 5.73 Å². The minimum Gasteiger partial charge on any atom is -0.478 e. The van der Waals surface area contributed by atoms with E-state index in [1.54, 1.807) is 13.8 Å². The second-order valence-corrected chi connectivity index (χ2v) is 4.14. The topological polar surface area (TPSA) is 120 Å². The molecule has 23 heavy (non-hydrogen) atoms. The van der Waals surface area contributed by atoms with Crippen LogP contribution in [0.3, 0.4) is 0 Å². The van der Waals surface area contributed by atoms with Crippen LogP contribution in [0.1, 0.15) is 26.7 Å². The van der Waals surface area contributed by atoms with Crippen LogP contribution in [-0.2, 0) is 19.1 Å². The van der Waals surface area contributed by atoms with Crippen molar-refractivity contribution in [2.24, 2.45) is 5.73 Å². The van der Waals surface area contributed by atoms with E-state index in [9.17, 15) is 14.4 Å². The molecule has 0 rings (SSSR count). The number of amides is 1. The molecule has 0 atom stereocenters. The Morgan fingerprint density at radius 2 is 1.83 bits per heavy atom. The summed E-state index contributed by atoms with van der Waals surface area (Å²) in [4.78, 5) is 34.7. The molecule has 3 N–H and O–H groups in total. The van der Waals surface area contributed by atoms with Gasteiger partial charge in [0, 0.05) is 11.1 Å². The summed E-state index contributed by atoms with van der Waals surface area (Å²) in [5, 5.41) is 8.08. The van der Waals surface area contributed by atoms with Gasteiger partial charge in [0.1, 0.15) is 13.0 Å². The number of nitrogens with zero attached hydrogens (tertiary/aromatic N) is 1. The van der Waals surface area contributed by atoms with Gasteiger partial charge >= 0.3 is 18.0 Å². The molecule has 0 aliphatic heterocycles. The largest absolute Gasteiger partial charge is 0.478 e. The number of hydrogen-bond acceptors (Lipinski definition) is 5. The smallest absolute Gasteiger partial charge is 0.404 e. The van der Waals surface area contributed by atoms with E-state index in [-0.39, 0.29) is 18.8 Å². The Morgan fingerprint density at radius 3 is 2.22 bits per heavy atom. The van der Waals surface area contributed by atoms with Crippen LogP contribution >= 0.6 is 0 Å². The third-order valence-corrected chi connectivity index (χ3v) is 2.08. The molecule has 128 valence electrons. The highest BCUT2D eigenvalue weighted by molar-refractivity contribution is 5.87. The molecule has 0 aromatic heterocycles. The van der Waals surface area contributed by atoms with Crippen LogP contribution in [0.25, 0.3) is 4.85 Å². The second-order valence-electron chi connectivity index (χ2n) is 4.14. The summed E-state index contributed by atoms with van der Waals surface area (Å²) in [6.45, 7) is 10.7. The molecule has 0 fully saturated rings. The number of carbonyl (C=O) groups is 3. The van der Waals surface area contributed by atoms with E-state index in [4.69, 9.17) is 15.6 Å². The number of carboxylic acid groups (broad SMARTS) is 1. The van der Waals surface area contributed by atoms with Crippen molar-refractivity contribution in [3.8, 4) is 6.07 Å². The van der Waals surface area contributed by atoms with Crippen molar-refractivity contribution < 1.29 is 29.0 Å². The first-order valence-corrected chi connectivity index (χ1v) is 6.77. The number of hydrogen-bond donors (Lipinski definition) is 2. The van der Waals surface area contributed by atoms with Gasteiger partial charge in [0.15, 0.2) is 6.61 Å². The van der Waals surface area contributed by atoms with Gasteiger partial charge in [-0.15, -0.1) is 0 Å². The maximum atomic E-state index is 10.9. The van der Waals surface area contributed by atoms with Gasteiger partial charge in [-0.05, 0) is 13.3 Å². The van der Waals surface area contributed by atoms with E-state index in [0.717, 1.165) is 0 Å². The van der Waals surface area contributed by atoms with Crippen LogP contribution in [0.4, 0.5) is 4.79 Å². The predicted molar refractivity (Wildman–Crippen MR) is 85.1 cm³/mol. The monoisotopic (exact) mass is 327 g/mol. The molecule has 0 saturated heterocycles. The number of nitrogens with two attached hydrogens (primary N) is 1. The number of esters is 1.